The van der Waals surface area contributed by atoms with Gasteiger partial charge in [-0.1, -0.05) is 27.7 Å². The summed E-state index contributed by atoms with van der Waals surface area (Å²) < 4.78 is 37.2. The van der Waals surface area contributed by atoms with Crippen LogP contribution in [0.1, 0.15) is 85.5 Å². The zero-order valence-electron chi connectivity index (χ0n) is 31.6. The van der Waals surface area contributed by atoms with Crippen molar-refractivity contribution in [1.29, 1.82) is 0 Å². The van der Waals surface area contributed by atoms with Gasteiger partial charge >= 0.3 is 0 Å². The van der Waals surface area contributed by atoms with Gasteiger partial charge in [-0.2, -0.15) is 0 Å². The van der Waals surface area contributed by atoms with Crippen LogP contribution in [0.3, 0.4) is 0 Å². The third-order valence-corrected chi connectivity index (χ3v) is 16.2. The summed E-state index contributed by atoms with van der Waals surface area (Å²) in [5.41, 5.74) is 0.0762. The second kappa shape index (κ2) is 14.4. The molecule has 4 heterocycles. The summed E-state index contributed by atoms with van der Waals surface area (Å²) >= 11 is 0. The summed E-state index contributed by atoms with van der Waals surface area (Å²) in [5.74, 6) is 2.78. The standard InChI is InChI=1S/C39H64O14/c1-17-7-10-39(48-16-17)18(2)28-25(53-39)12-22-20-6-5-19-11-24(23(42)13-38(19,4)21(20)8-9-37(22,28)3)49-36-34(32(46)30(44)27(15-41)51-36)52-35-33(47)31(45)29(43)26(14-40)50-35/h17-36,40-47H,5-16H2,1-4H3/t17-,18+,19-,20-,21+,22+,23-,24-,25-,26-,27-,28-,29-,30+,31+,32+,33-,34-,35+,36-,37+,38+,39-/m1/s1. The first-order chi connectivity index (χ1) is 25.2. The largest absolute Gasteiger partial charge is 0.394 e. The van der Waals surface area contributed by atoms with E-state index in [2.05, 4.69) is 27.7 Å². The molecule has 0 unspecified atom stereocenters. The Kier molecular flexibility index (Phi) is 10.6. The van der Waals surface area contributed by atoms with E-state index in [4.69, 9.17) is 28.4 Å². The Morgan fingerprint density at radius 2 is 1.40 bits per heavy atom. The molecule has 8 fully saturated rings. The van der Waals surface area contributed by atoms with Gasteiger partial charge in [0, 0.05) is 12.3 Å². The quantitative estimate of drug-likeness (QED) is 0.173. The van der Waals surface area contributed by atoms with Gasteiger partial charge in [-0.15, -0.1) is 0 Å². The van der Waals surface area contributed by atoms with Crippen molar-refractivity contribution < 1.29 is 69.3 Å². The van der Waals surface area contributed by atoms with Gasteiger partial charge in [0.05, 0.1) is 38.1 Å². The van der Waals surface area contributed by atoms with Crippen LogP contribution in [0.2, 0.25) is 0 Å². The second-order valence-electron chi connectivity index (χ2n) is 18.9. The maximum absolute atomic E-state index is 11.8. The Balaban J connectivity index is 0.962. The summed E-state index contributed by atoms with van der Waals surface area (Å²) in [5, 5.41) is 84.5. The van der Waals surface area contributed by atoms with Gasteiger partial charge in [-0.25, -0.2) is 0 Å². The summed E-state index contributed by atoms with van der Waals surface area (Å²) in [4.78, 5) is 0. The number of rotatable bonds is 6. The minimum absolute atomic E-state index is 0.111. The minimum atomic E-state index is -1.76. The number of hydrogen-bond donors (Lipinski definition) is 8. The molecule has 0 aromatic heterocycles. The van der Waals surface area contributed by atoms with Crippen molar-refractivity contribution in [3.63, 3.8) is 0 Å². The molecule has 4 saturated carbocycles. The summed E-state index contributed by atoms with van der Waals surface area (Å²) in [6, 6.07) is 0. The van der Waals surface area contributed by atoms with E-state index in [1.165, 1.54) is 0 Å². The minimum Gasteiger partial charge on any atom is -0.394 e. The maximum Gasteiger partial charge on any atom is 0.187 e. The predicted octanol–water partition coefficient (Wildman–Crippen LogP) is 0.413. The summed E-state index contributed by atoms with van der Waals surface area (Å²) in [6.07, 6.45) is -8.11. The number of ether oxygens (including phenoxy) is 6. The molecule has 0 aromatic rings. The van der Waals surface area contributed by atoms with Crippen LogP contribution in [-0.2, 0) is 28.4 Å². The highest BCUT2D eigenvalue weighted by molar-refractivity contribution is 5.16. The van der Waals surface area contributed by atoms with E-state index in [-0.39, 0.29) is 22.9 Å². The molecule has 4 saturated heterocycles. The maximum atomic E-state index is 11.8. The van der Waals surface area contributed by atoms with Crippen LogP contribution in [0.5, 0.6) is 0 Å². The first kappa shape index (κ1) is 39.3. The van der Waals surface area contributed by atoms with Crippen LogP contribution in [0, 0.1) is 52.3 Å². The Morgan fingerprint density at radius 3 is 2.08 bits per heavy atom. The van der Waals surface area contributed by atoms with Crippen molar-refractivity contribution in [2.75, 3.05) is 19.8 Å². The molecule has 8 aliphatic rings. The molecule has 8 rings (SSSR count). The second-order valence-corrected chi connectivity index (χ2v) is 18.9. The van der Waals surface area contributed by atoms with Crippen molar-refractivity contribution >= 4 is 0 Å². The van der Waals surface area contributed by atoms with Crippen LogP contribution in [0.15, 0.2) is 0 Å². The van der Waals surface area contributed by atoms with Crippen LogP contribution >= 0.6 is 0 Å². The van der Waals surface area contributed by atoms with Crippen molar-refractivity contribution in [2.24, 2.45) is 52.3 Å². The fraction of sp³-hybridized carbons (Fsp3) is 1.00. The number of aliphatic hydroxyl groups is 8. The lowest BCUT2D eigenvalue weighted by molar-refractivity contribution is -0.376. The van der Waals surface area contributed by atoms with Crippen LogP contribution in [0.25, 0.3) is 0 Å². The van der Waals surface area contributed by atoms with E-state index in [9.17, 15) is 40.9 Å². The zero-order chi connectivity index (χ0) is 37.8. The summed E-state index contributed by atoms with van der Waals surface area (Å²) in [6.45, 7) is 8.96. The van der Waals surface area contributed by atoms with E-state index >= 15 is 0 Å². The highest BCUT2D eigenvalue weighted by Crippen LogP contribution is 2.71. The zero-order valence-corrected chi connectivity index (χ0v) is 31.6. The molecular formula is C39H64O14. The summed E-state index contributed by atoms with van der Waals surface area (Å²) in [7, 11) is 0. The Hall–Kier alpha value is -0.560. The van der Waals surface area contributed by atoms with Gasteiger partial charge in [0.15, 0.2) is 18.4 Å². The lowest BCUT2D eigenvalue weighted by Gasteiger charge is -2.62. The molecule has 0 bridgehead atoms. The van der Waals surface area contributed by atoms with E-state index in [1.807, 2.05) is 0 Å². The smallest absolute Gasteiger partial charge is 0.187 e. The average molecular weight is 757 g/mol. The Morgan fingerprint density at radius 1 is 0.698 bits per heavy atom. The molecule has 8 N–H and O–H groups in total. The Bertz CT molecular complexity index is 1300. The average Bonchev–Trinajstić information content (AvgIpc) is 3.58. The molecular weight excluding hydrogens is 692 g/mol. The molecule has 53 heavy (non-hydrogen) atoms. The normalized spacial score (nSPS) is 59.5. The van der Waals surface area contributed by atoms with Gasteiger partial charge in [0.1, 0.15) is 48.8 Å². The third kappa shape index (κ3) is 6.20. The molecule has 4 aliphatic heterocycles. The van der Waals surface area contributed by atoms with E-state index in [1.54, 1.807) is 0 Å². The topological polar surface area (TPSA) is 217 Å². The highest BCUT2D eigenvalue weighted by atomic mass is 16.8. The first-order valence-corrected chi connectivity index (χ1v) is 20.4. The molecule has 23 atom stereocenters. The van der Waals surface area contributed by atoms with Crippen molar-refractivity contribution in [2.45, 2.75) is 171 Å². The van der Waals surface area contributed by atoms with Crippen LogP contribution in [-0.4, -0.2) is 146 Å². The molecule has 304 valence electrons. The molecule has 0 amide bonds. The van der Waals surface area contributed by atoms with Gasteiger partial charge in [0.2, 0.25) is 0 Å². The van der Waals surface area contributed by atoms with Gasteiger partial charge in [-0.05, 0) is 97.7 Å². The molecule has 0 aromatic carbocycles. The number of fused-ring (bicyclic) bond motifs is 7. The van der Waals surface area contributed by atoms with Crippen LogP contribution in [0.4, 0.5) is 0 Å². The fourth-order valence-electron chi connectivity index (χ4n) is 13.2. The molecule has 1 spiro atoms. The van der Waals surface area contributed by atoms with Crippen molar-refractivity contribution in [3.05, 3.63) is 0 Å². The van der Waals surface area contributed by atoms with Crippen molar-refractivity contribution in [1.82, 2.24) is 0 Å². The van der Waals surface area contributed by atoms with Crippen LogP contribution < -0.4 is 0 Å². The van der Waals surface area contributed by atoms with E-state index in [0.717, 1.165) is 51.6 Å². The molecule has 4 aliphatic carbocycles. The van der Waals surface area contributed by atoms with Gasteiger partial charge < -0.3 is 69.3 Å². The molecule has 14 heteroatoms. The number of aliphatic hydroxyl groups excluding tert-OH is 8. The lowest BCUT2D eigenvalue weighted by atomic mass is 9.44. The molecule has 0 radical (unpaired) electrons. The van der Waals surface area contributed by atoms with E-state index < -0.39 is 92.6 Å². The highest BCUT2D eigenvalue weighted by Gasteiger charge is 2.69. The first-order valence-electron chi connectivity index (χ1n) is 20.4. The van der Waals surface area contributed by atoms with Gasteiger partial charge in [-0.3, -0.25) is 0 Å². The fourth-order valence-corrected chi connectivity index (χ4v) is 13.2. The Labute approximate surface area is 312 Å². The lowest BCUT2D eigenvalue weighted by Crippen LogP contribution is -2.65. The van der Waals surface area contributed by atoms with Gasteiger partial charge in [0.25, 0.3) is 0 Å². The molecule has 14 nitrogen and oxygen atoms in total. The van der Waals surface area contributed by atoms with E-state index in [0.29, 0.717) is 48.3 Å². The number of hydrogen-bond acceptors (Lipinski definition) is 14. The SMILES string of the molecule is C[C@@H]1CC[C@@]2(OC1)O[C@@H]1C[C@H]3[C@@H]4CC[C@@H]5C[C@@H](O[C@@H]6O[C@H](CO)[C@H](O)[C@H](O)[C@H]6O[C@@H]6O[C@H](CO)[C@@H](O)[C@H](O)[C@H]6O)[C@H](O)C[C@]5(C)[C@H]4CC[C@]3(C)[C@@H]1[C@@H]2C. The van der Waals surface area contributed by atoms with Crippen molar-refractivity contribution in [3.8, 4) is 0 Å². The predicted molar refractivity (Wildman–Crippen MR) is 184 cm³/mol. The monoisotopic (exact) mass is 756 g/mol. The third-order valence-electron chi connectivity index (χ3n) is 16.2.